The summed E-state index contributed by atoms with van der Waals surface area (Å²) in [4.78, 5) is 36.6. The topological polar surface area (TPSA) is 84.5 Å². The summed E-state index contributed by atoms with van der Waals surface area (Å²) in [7, 11) is 0. The van der Waals surface area contributed by atoms with E-state index in [-0.39, 0.29) is 17.9 Å². The highest BCUT2D eigenvalue weighted by molar-refractivity contribution is 7.98. The van der Waals surface area contributed by atoms with Gasteiger partial charge in [-0.25, -0.2) is 4.79 Å². The third-order valence-electron chi connectivity index (χ3n) is 3.82. The third kappa shape index (κ3) is 6.42. The molecule has 1 aliphatic carbocycles. The minimum absolute atomic E-state index is 0.207. The number of nitrogens with one attached hydrogen (secondary N) is 2. The van der Waals surface area contributed by atoms with Gasteiger partial charge in [0.25, 0.3) is 11.8 Å². The van der Waals surface area contributed by atoms with Gasteiger partial charge in [0.05, 0.1) is 0 Å². The van der Waals surface area contributed by atoms with E-state index in [1.165, 1.54) is 0 Å². The maximum Gasteiger partial charge on any atom is 0.329 e. The summed E-state index contributed by atoms with van der Waals surface area (Å²) in [6.07, 6.45) is 3.42. The highest BCUT2D eigenvalue weighted by Gasteiger charge is 2.29. The molecule has 0 spiro atoms. The number of hydrogen-bond acceptors (Lipinski definition) is 5. The lowest BCUT2D eigenvalue weighted by molar-refractivity contribution is -0.156. The molecular formula is C18H24N2O4S. The van der Waals surface area contributed by atoms with Crippen LogP contribution in [0.2, 0.25) is 0 Å². The number of carbonyl (C=O) groups excluding carboxylic acids is 3. The summed E-state index contributed by atoms with van der Waals surface area (Å²) < 4.78 is 5.26. The minimum Gasteiger partial charge on any atom is -0.451 e. The molecular weight excluding hydrogens is 340 g/mol. The summed E-state index contributed by atoms with van der Waals surface area (Å²) in [5.74, 6) is -0.526. The van der Waals surface area contributed by atoms with Gasteiger partial charge < -0.3 is 15.4 Å². The number of thioether (sulfide) groups is 1. The van der Waals surface area contributed by atoms with E-state index in [0.717, 1.165) is 12.8 Å². The van der Waals surface area contributed by atoms with Crippen LogP contribution in [-0.2, 0) is 14.3 Å². The van der Waals surface area contributed by atoms with Crippen molar-refractivity contribution in [3.8, 4) is 0 Å². The van der Waals surface area contributed by atoms with Gasteiger partial charge in [-0.05, 0) is 50.3 Å². The first-order valence-corrected chi connectivity index (χ1v) is 9.76. The molecule has 0 unspecified atom stereocenters. The molecule has 1 aromatic rings. The fourth-order valence-electron chi connectivity index (χ4n) is 2.17. The maximum atomic E-state index is 12.4. The van der Waals surface area contributed by atoms with Gasteiger partial charge in [-0.3, -0.25) is 9.59 Å². The molecule has 1 fully saturated rings. The van der Waals surface area contributed by atoms with Gasteiger partial charge in [-0.2, -0.15) is 11.8 Å². The second-order valence-electron chi connectivity index (χ2n) is 6.04. The zero-order chi connectivity index (χ0) is 18.2. The van der Waals surface area contributed by atoms with Gasteiger partial charge in [0.15, 0.2) is 6.10 Å². The van der Waals surface area contributed by atoms with E-state index in [0.29, 0.717) is 17.7 Å². The molecule has 2 N–H and O–H groups in total. The quantitative estimate of drug-likeness (QED) is 0.652. The second kappa shape index (κ2) is 9.46. The van der Waals surface area contributed by atoms with Crippen LogP contribution in [0.15, 0.2) is 30.3 Å². The molecule has 136 valence electrons. The predicted octanol–water partition coefficient (Wildman–Crippen LogP) is 1.75. The van der Waals surface area contributed by atoms with Crippen LogP contribution in [0.5, 0.6) is 0 Å². The van der Waals surface area contributed by atoms with Gasteiger partial charge >= 0.3 is 5.97 Å². The van der Waals surface area contributed by atoms with Gasteiger partial charge in [0.1, 0.15) is 6.04 Å². The average molecular weight is 364 g/mol. The largest absolute Gasteiger partial charge is 0.451 e. The summed E-state index contributed by atoms with van der Waals surface area (Å²) in [5, 5.41) is 5.51. The molecule has 25 heavy (non-hydrogen) atoms. The summed E-state index contributed by atoms with van der Waals surface area (Å²) in [6, 6.07) is 8.12. The number of carbonyl (C=O) groups is 3. The van der Waals surface area contributed by atoms with E-state index in [4.69, 9.17) is 4.74 Å². The Balaban J connectivity index is 1.93. The van der Waals surface area contributed by atoms with Crippen molar-refractivity contribution >= 4 is 29.5 Å². The van der Waals surface area contributed by atoms with E-state index in [1.54, 1.807) is 43.0 Å². The third-order valence-corrected chi connectivity index (χ3v) is 4.47. The molecule has 6 nitrogen and oxygen atoms in total. The van der Waals surface area contributed by atoms with E-state index < -0.39 is 18.1 Å². The second-order valence-corrected chi connectivity index (χ2v) is 7.02. The molecule has 0 bridgehead atoms. The van der Waals surface area contributed by atoms with Crippen molar-refractivity contribution in [3.05, 3.63) is 35.9 Å². The van der Waals surface area contributed by atoms with Crippen molar-refractivity contribution in [1.82, 2.24) is 10.6 Å². The van der Waals surface area contributed by atoms with E-state index >= 15 is 0 Å². The number of benzene rings is 1. The first kappa shape index (κ1) is 19.3. The lowest BCUT2D eigenvalue weighted by Crippen LogP contribution is -2.45. The summed E-state index contributed by atoms with van der Waals surface area (Å²) in [5.41, 5.74) is 0.476. The van der Waals surface area contributed by atoms with Gasteiger partial charge in [0, 0.05) is 11.6 Å². The van der Waals surface area contributed by atoms with Crippen LogP contribution in [0.1, 0.15) is 36.5 Å². The Kier molecular flexibility index (Phi) is 7.31. The van der Waals surface area contributed by atoms with Crippen molar-refractivity contribution in [2.75, 3.05) is 12.0 Å². The molecule has 1 saturated carbocycles. The number of ether oxygens (including phenoxy) is 1. The fraction of sp³-hybridized carbons (Fsp3) is 0.500. The number of esters is 1. The van der Waals surface area contributed by atoms with Crippen LogP contribution in [0.25, 0.3) is 0 Å². The zero-order valence-corrected chi connectivity index (χ0v) is 15.3. The van der Waals surface area contributed by atoms with Crippen LogP contribution < -0.4 is 10.6 Å². The van der Waals surface area contributed by atoms with E-state index in [1.807, 2.05) is 12.3 Å². The first-order valence-electron chi connectivity index (χ1n) is 8.37. The van der Waals surface area contributed by atoms with Crippen molar-refractivity contribution in [2.24, 2.45) is 0 Å². The lowest BCUT2D eigenvalue weighted by atomic mass is 10.1. The van der Waals surface area contributed by atoms with Crippen LogP contribution in [0, 0.1) is 0 Å². The van der Waals surface area contributed by atoms with E-state index in [2.05, 4.69) is 10.6 Å². The summed E-state index contributed by atoms with van der Waals surface area (Å²) >= 11 is 1.57. The van der Waals surface area contributed by atoms with Crippen molar-refractivity contribution in [3.63, 3.8) is 0 Å². The smallest absolute Gasteiger partial charge is 0.329 e. The standard InChI is InChI=1S/C18H24N2O4S/c1-12(16(21)19-14-8-9-14)24-18(23)15(10-11-25-2)20-17(22)13-6-4-3-5-7-13/h3-7,12,14-15H,8-11H2,1-2H3,(H,19,21)(H,20,22)/t12-,15-/m1/s1. The Bertz CT molecular complexity index is 604. The molecule has 1 aliphatic rings. The molecule has 2 amide bonds. The van der Waals surface area contributed by atoms with Crippen molar-refractivity contribution in [1.29, 1.82) is 0 Å². The number of hydrogen-bond donors (Lipinski definition) is 2. The molecule has 2 rings (SSSR count). The molecule has 0 saturated heterocycles. The summed E-state index contributed by atoms with van der Waals surface area (Å²) in [6.45, 7) is 1.54. The van der Waals surface area contributed by atoms with Crippen LogP contribution in [0.3, 0.4) is 0 Å². The SMILES string of the molecule is CSCC[C@@H](NC(=O)c1ccccc1)C(=O)O[C@H](C)C(=O)NC1CC1. The van der Waals surface area contributed by atoms with Crippen LogP contribution >= 0.6 is 11.8 Å². The van der Waals surface area contributed by atoms with Crippen molar-refractivity contribution in [2.45, 2.75) is 44.4 Å². The molecule has 2 atom stereocenters. The lowest BCUT2D eigenvalue weighted by Gasteiger charge is -2.20. The van der Waals surface area contributed by atoms with E-state index in [9.17, 15) is 14.4 Å². The average Bonchev–Trinajstić information content (AvgIpc) is 3.42. The Labute approximate surface area is 152 Å². The fourth-order valence-corrected chi connectivity index (χ4v) is 2.64. The first-order chi connectivity index (χ1) is 12.0. The normalized spacial score (nSPS) is 15.8. The van der Waals surface area contributed by atoms with Gasteiger partial charge in [0.2, 0.25) is 0 Å². The monoisotopic (exact) mass is 364 g/mol. The number of amides is 2. The maximum absolute atomic E-state index is 12.4. The Morgan fingerprint density at radius 2 is 1.92 bits per heavy atom. The molecule has 0 aliphatic heterocycles. The van der Waals surface area contributed by atoms with Gasteiger partial charge in [-0.1, -0.05) is 18.2 Å². The number of rotatable bonds is 9. The van der Waals surface area contributed by atoms with Crippen LogP contribution in [-0.4, -0.2) is 48.0 Å². The van der Waals surface area contributed by atoms with Gasteiger partial charge in [-0.15, -0.1) is 0 Å². The Morgan fingerprint density at radius 1 is 1.24 bits per heavy atom. The highest BCUT2D eigenvalue weighted by atomic mass is 32.2. The zero-order valence-electron chi connectivity index (χ0n) is 14.5. The predicted molar refractivity (Wildman–Crippen MR) is 97.4 cm³/mol. The Hall–Kier alpha value is -2.02. The molecule has 0 aromatic heterocycles. The Morgan fingerprint density at radius 3 is 2.52 bits per heavy atom. The van der Waals surface area contributed by atoms with Crippen LogP contribution in [0.4, 0.5) is 0 Å². The highest BCUT2D eigenvalue weighted by Crippen LogP contribution is 2.19. The van der Waals surface area contributed by atoms with Crippen molar-refractivity contribution < 1.29 is 19.1 Å². The molecule has 7 heteroatoms. The molecule has 0 heterocycles. The minimum atomic E-state index is -0.876. The molecule has 1 aromatic carbocycles. The molecule has 0 radical (unpaired) electrons.